The van der Waals surface area contributed by atoms with Crippen LogP contribution in [0.25, 0.3) is 0 Å². The molecular formula is C17H23NO. The van der Waals surface area contributed by atoms with Crippen molar-refractivity contribution in [2.75, 3.05) is 18.5 Å². The number of benzene rings is 1. The molecule has 2 saturated carbocycles. The minimum Gasteiger partial charge on any atom is -0.374 e. The predicted molar refractivity (Wildman–Crippen MR) is 78.8 cm³/mol. The first kappa shape index (κ1) is 12.7. The normalized spacial score (nSPS) is 28.6. The Hall–Kier alpha value is -1.31. The fourth-order valence-electron chi connectivity index (χ4n) is 4.09. The molecule has 3 rings (SSSR count). The first-order valence-corrected chi connectivity index (χ1v) is 7.44. The predicted octanol–water partition coefficient (Wildman–Crippen LogP) is 3.68. The van der Waals surface area contributed by atoms with Crippen molar-refractivity contribution in [3.05, 3.63) is 29.3 Å². The van der Waals surface area contributed by atoms with Crippen molar-refractivity contribution >= 4 is 12.0 Å². The molecule has 0 spiro atoms. The number of hydrogen-bond donors (Lipinski definition) is 0. The van der Waals surface area contributed by atoms with E-state index in [1.54, 1.807) is 0 Å². The Morgan fingerprint density at radius 2 is 2.16 bits per heavy atom. The number of rotatable bonds is 4. The number of fused-ring (bicyclic) bond motifs is 2. The van der Waals surface area contributed by atoms with Gasteiger partial charge in [-0.05, 0) is 67.7 Å². The molecule has 2 bridgehead atoms. The van der Waals surface area contributed by atoms with Gasteiger partial charge in [0.15, 0.2) is 0 Å². The minimum absolute atomic E-state index is 0.803. The third kappa shape index (κ3) is 2.41. The lowest BCUT2D eigenvalue weighted by atomic mass is 9.88. The lowest BCUT2D eigenvalue weighted by molar-refractivity contribution is 0.112. The van der Waals surface area contributed by atoms with Crippen LogP contribution in [0.1, 0.15) is 41.6 Å². The van der Waals surface area contributed by atoms with Crippen molar-refractivity contribution in [2.45, 2.75) is 32.6 Å². The minimum atomic E-state index is 0.803. The van der Waals surface area contributed by atoms with Gasteiger partial charge in [0.25, 0.3) is 0 Å². The van der Waals surface area contributed by atoms with E-state index < -0.39 is 0 Å². The van der Waals surface area contributed by atoms with E-state index in [2.05, 4.69) is 24.1 Å². The fraction of sp³-hybridized carbons (Fsp3) is 0.588. The molecule has 0 saturated heterocycles. The molecule has 102 valence electrons. The molecule has 19 heavy (non-hydrogen) atoms. The molecule has 0 aromatic heterocycles. The third-order valence-corrected chi connectivity index (χ3v) is 5.21. The summed E-state index contributed by atoms with van der Waals surface area (Å²) in [6.45, 7) is 3.18. The summed E-state index contributed by atoms with van der Waals surface area (Å²) in [6, 6.07) is 6.15. The highest BCUT2D eigenvalue weighted by molar-refractivity contribution is 5.78. The van der Waals surface area contributed by atoms with Crippen molar-refractivity contribution in [2.24, 2.45) is 17.8 Å². The molecular weight excluding hydrogens is 234 g/mol. The Kier molecular flexibility index (Phi) is 3.34. The number of anilines is 1. The summed E-state index contributed by atoms with van der Waals surface area (Å²) in [7, 11) is 2.18. The van der Waals surface area contributed by atoms with Crippen LogP contribution in [0.5, 0.6) is 0 Å². The molecule has 3 unspecified atom stereocenters. The molecule has 0 N–H and O–H groups in total. The second-order valence-corrected chi connectivity index (χ2v) is 6.47. The summed E-state index contributed by atoms with van der Waals surface area (Å²) < 4.78 is 0. The summed E-state index contributed by atoms with van der Waals surface area (Å²) in [5.74, 6) is 2.88. The Morgan fingerprint density at radius 1 is 1.32 bits per heavy atom. The zero-order valence-electron chi connectivity index (χ0n) is 11.9. The number of aryl methyl sites for hydroxylation is 1. The van der Waals surface area contributed by atoms with Crippen LogP contribution in [0.3, 0.4) is 0 Å². The van der Waals surface area contributed by atoms with Gasteiger partial charge in [-0.1, -0.05) is 6.42 Å². The first-order valence-electron chi connectivity index (χ1n) is 7.44. The number of carbonyl (C=O) groups excluding carboxylic acids is 1. The monoisotopic (exact) mass is 257 g/mol. The van der Waals surface area contributed by atoms with Crippen LogP contribution in [0.15, 0.2) is 18.2 Å². The van der Waals surface area contributed by atoms with E-state index in [0.717, 1.165) is 35.2 Å². The van der Waals surface area contributed by atoms with Crippen LogP contribution in [0, 0.1) is 24.7 Å². The Morgan fingerprint density at radius 3 is 2.74 bits per heavy atom. The second kappa shape index (κ2) is 4.99. The van der Waals surface area contributed by atoms with Crippen LogP contribution in [0.2, 0.25) is 0 Å². The smallest absolute Gasteiger partial charge is 0.150 e. The van der Waals surface area contributed by atoms with Gasteiger partial charge < -0.3 is 4.90 Å². The fourth-order valence-corrected chi connectivity index (χ4v) is 4.09. The van der Waals surface area contributed by atoms with E-state index in [4.69, 9.17) is 0 Å². The van der Waals surface area contributed by atoms with Crippen molar-refractivity contribution < 1.29 is 4.79 Å². The third-order valence-electron chi connectivity index (χ3n) is 5.21. The zero-order chi connectivity index (χ0) is 13.4. The Balaban J connectivity index is 1.68. The van der Waals surface area contributed by atoms with Crippen molar-refractivity contribution in [3.63, 3.8) is 0 Å². The summed E-state index contributed by atoms with van der Waals surface area (Å²) in [5, 5.41) is 0. The summed E-state index contributed by atoms with van der Waals surface area (Å²) in [4.78, 5) is 13.2. The molecule has 2 fully saturated rings. The van der Waals surface area contributed by atoms with E-state index in [-0.39, 0.29) is 0 Å². The van der Waals surface area contributed by atoms with Gasteiger partial charge >= 0.3 is 0 Å². The van der Waals surface area contributed by atoms with E-state index in [9.17, 15) is 4.79 Å². The van der Waals surface area contributed by atoms with E-state index in [1.807, 2.05) is 13.0 Å². The maximum Gasteiger partial charge on any atom is 0.150 e. The maximum atomic E-state index is 10.9. The molecule has 0 radical (unpaired) electrons. The Labute approximate surface area is 115 Å². The summed E-state index contributed by atoms with van der Waals surface area (Å²) >= 11 is 0. The van der Waals surface area contributed by atoms with Crippen molar-refractivity contribution in [3.8, 4) is 0 Å². The highest BCUT2D eigenvalue weighted by atomic mass is 16.1. The summed E-state index contributed by atoms with van der Waals surface area (Å²) in [5.41, 5.74) is 3.12. The standard InChI is InChI=1S/C17H23NO/c1-12-7-17(6-5-15(12)11-19)18(2)10-16-9-13-3-4-14(16)8-13/h5-7,11,13-14,16H,3-4,8-10H2,1-2H3. The van der Waals surface area contributed by atoms with E-state index >= 15 is 0 Å². The van der Waals surface area contributed by atoms with Crippen LogP contribution in [-0.4, -0.2) is 19.9 Å². The van der Waals surface area contributed by atoms with Gasteiger partial charge in [0.2, 0.25) is 0 Å². The van der Waals surface area contributed by atoms with Gasteiger partial charge in [0, 0.05) is 24.8 Å². The lowest BCUT2D eigenvalue weighted by Crippen LogP contribution is -2.28. The van der Waals surface area contributed by atoms with Gasteiger partial charge in [-0.3, -0.25) is 4.79 Å². The van der Waals surface area contributed by atoms with E-state index in [0.29, 0.717) is 0 Å². The zero-order valence-corrected chi connectivity index (χ0v) is 11.9. The first-order chi connectivity index (χ1) is 9.17. The molecule has 2 aliphatic carbocycles. The molecule has 1 aromatic rings. The summed E-state index contributed by atoms with van der Waals surface area (Å²) in [6.07, 6.45) is 6.77. The average Bonchev–Trinajstić information content (AvgIpc) is 3.00. The Bertz CT molecular complexity index is 482. The van der Waals surface area contributed by atoms with Gasteiger partial charge in [-0.2, -0.15) is 0 Å². The second-order valence-electron chi connectivity index (χ2n) is 6.47. The van der Waals surface area contributed by atoms with Crippen molar-refractivity contribution in [1.82, 2.24) is 0 Å². The molecule has 2 aliphatic rings. The number of carbonyl (C=O) groups is 1. The number of nitrogens with zero attached hydrogens (tertiary/aromatic N) is 1. The van der Waals surface area contributed by atoms with Gasteiger partial charge in [0.05, 0.1) is 0 Å². The lowest BCUT2D eigenvalue weighted by Gasteiger charge is -2.29. The van der Waals surface area contributed by atoms with Crippen LogP contribution >= 0.6 is 0 Å². The number of hydrogen-bond acceptors (Lipinski definition) is 2. The van der Waals surface area contributed by atoms with Crippen LogP contribution in [-0.2, 0) is 0 Å². The quantitative estimate of drug-likeness (QED) is 0.767. The van der Waals surface area contributed by atoms with Gasteiger partial charge in [-0.15, -0.1) is 0 Å². The topological polar surface area (TPSA) is 20.3 Å². The van der Waals surface area contributed by atoms with Gasteiger partial charge in [-0.25, -0.2) is 0 Å². The van der Waals surface area contributed by atoms with Crippen molar-refractivity contribution in [1.29, 1.82) is 0 Å². The largest absolute Gasteiger partial charge is 0.374 e. The molecule has 2 nitrogen and oxygen atoms in total. The molecule has 3 atom stereocenters. The number of aldehydes is 1. The molecule has 1 aromatic carbocycles. The SMILES string of the molecule is Cc1cc(N(C)CC2CC3CCC2C3)ccc1C=O. The molecule has 0 amide bonds. The highest BCUT2D eigenvalue weighted by Gasteiger charge is 2.39. The molecule has 0 aliphatic heterocycles. The molecule has 0 heterocycles. The van der Waals surface area contributed by atoms with Crippen LogP contribution < -0.4 is 4.90 Å². The van der Waals surface area contributed by atoms with Crippen LogP contribution in [0.4, 0.5) is 5.69 Å². The molecule has 2 heteroatoms. The van der Waals surface area contributed by atoms with Gasteiger partial charge in [0.1, 0.15) is 6.29 Å². The average molecular weight is 257 g/mol. The van der Waals surface area contributed by atoms with E-state index in [1.165, 1.54) is 37.9 Å². The maximum absolute atomic E-state index is 10.9. The highest BCUT2D eigenvalue weighted by Crippen LogP contribution is 2.48.